The number of carbonyl (C=O) groups excluding carboxylic acids is 2. The maximum atomic E-state index is 13.9. The molecule has 0 radical (unpaired) electrons. The van der Waals surface area contributed by atoms with E-state index in [2.05, 4.69) is 10.3 Å². The molecule has 6 rings (SSSR count). The lowest BCUT2D eigenvalue weighted by molar-refractivity contribution is -0.333. The lowest BCUT2D eigenvalue weighted by Crippen LogP contribution is -2.65. The molecule has 3 aliphatic heterocycles. The zero-order valence-corrected chi connectivity index (χ0v) is 25.8. The standard InChI is InChI=1S/C31H51N5O9/c32-21-11-14(5-8-35-21)6-10-43-29-27(41)25(39)20-13-42-9-7-19(36-31(33)34)17-12-18-22(26(40)28(17)45-30(29)44-20)24(38)16-4-2-1-3-15(16)23(18)37/h14-22,25-30,35,39-41H,1-13,32H2,(H4,33,34,36)/t14?,15?,16?,17?,18?,19-,20+,21?,22?,25+,26?,27-,28?,29+,30+/m1/s1. The summed E-state index contributed by atoms with van der Waals surface area (Å²) in [5, 5.41) is 37.4. The Morgan fingerprint density at radius 3 is 2.42 bits per heavy atom. The van der Waals surface area contributed by atoms with E-state index < -0.39 is 72.6 Å². The number of aliphatic hydroxyl groups excluding tert-OH is 3. The topological polar surface area (TPSA) is 234 Å². The summed E-state index contributed by atoms with van der Waals surface area (Å²) in [6.07, 6.45) is -2.20. The van der Waals surface area contributed by atoms with Gasteiger partial charge in [-0.2, -0.15) is 0 Å². The van der Waals surface area contributed by atoms with Crippen LogP contribution >= 0.6 is 0 Å². The first-order valence-corrected chi connectivity index (χ1v) is 16.8. The number of aliphatic hydroxyl groups is 3. The summed E-state index contributed by atoms with van der Waals surface area (Å²) < 4.78 is 24.8. The van der Waals surface area contributed by atoms with Crippen LogP contribution in [0.2, 0.25) is 0 Å². The molecule has 14 nitrogen and oxygen atoms in total. The van der Waals surface area contributed by atoms with Crippen LogP contribution in [0, 0.1) is 35.5 Å². The average Bonchev–Trinajstić information content (AvgIpc) is 3.04. The van der Waals surface area contributed by atoms with Crippen LogP contribution in [0.1, 0.15) is 57.8 Å². The van der Waals surface area contributed by atoms with Crippen molar-refractivity contribution in [3.63, 3.8) is 0 Å². The third kappa shape index (κ3) is 6.81. The molecule has 3 saturated heterocycles. The average molecular weight is 638 g/mol. The number of piperidine rings is 1. The molecule has 3 heterocycles. The van der Waals surface area contributed by atoms with Crippen molar-refractivity contribution >= 4 is 17.5 Å². The van der Waals surface area contributed by atoms with E-state index in [4.69, 9.17) is 36.1 Å². The highest BCUT2D eigenvalue weighted by Crippen LogP contribution is 2.50. The van der Waals surface area contributed by atoms with Gasteiger partial charge < -0.3 is 56.8 Å². The Labute approximate surface area is 263 Å². The fourth-order valence-corrected chi connectivity index (χ4v) is 8.94. The molecule has 9 unspecified atom stereocenters. The van der Waals surface area contributed by atoms with Gasteiger partial charge in [-0.15, -0.1) is 0 Å². The molecular formula is C31H51N5O9. The Kier molecular flexibility index (Phi) is 10.4. The Balaban J connectivity index is 1.29. The van der Waals surface area contributed by atoms with E-state index in [1.54, 1.807) is 0 Å². The van der Waals surface area contributed by atoms with E-state index >= 15 is 0 Å². The van der Waals surface area contributed by atoms with E-state index in [0.717, 1.165) is 32.2 Å². The van der Waals surface area contributed by atoms with Crippen LogP contribution in [-0.4, -0.2) is 114 Å². The maximum absolute atomic E-state index is 13.9. The number of nitrogens with two attached hydrogens (primary N) is 3. The van der Waals surface area contributed by atoms with Crippen LogP contribution < -0.4 is 22.5 Å². The van der Waals surface area contributed by atoms with Crippen molar-refractivity contribution in [2.45, 2.75) is 113 Å². The van der Waals surface area contributed by atoms with Crippen molar-refractivity contribution in [1.82, 2.24) is 5.32 Å². The van der Waals surface area contributed by atoms with Crippen LogP contribution in [0.25, 0.3) is 0 Å². The summed E-state index contributed by atoms with van der Waals surface area (Å²) in [4.78, 5) is 32.3. The molecule has 0 aromatic rings. The first-order chi connectivity index (χ1) is 21.6. The normalized spacial score (nSPS) is 47.4. The molecule has 0 amide bonds. The summed E-state index contributed by atoms with van der Waals surface area (Å²) in [5.74, 6) is -2.74. The van der Waals surface area contributed by atoms with Crippen molar-refractivity contribution in [3.8, 4) is 0 Å². The van der Waals surface area contributed by atoms with E-state index in [1.165, 1.54) is 0 Å². The fourth-order valence-electron chi connectivity index (χ4n) is 8.94. The third-order valence-electron chi connectivity index (χ3n) is 11.2. The lowest BCUT2D eigenvalue weighted by Gasteiger charge is -2.52. The predicted molar refractivity (Wildman–Crippen MR) is 160 cm³/mol. The summed E-state index contributed by atoms with van der Waals surface area (Å²) in [7, 11) is 0. The highest BCUT2D eigenvalue weighted by molar-refractivity contribution is 6.00. The number of carbonyl (C=O) groups is 2. The second-order valence-electron chi connectivity index (χ2n) is 14.0. The van der Waals surface area contributed by atoms with Crippen molar-refractivity contribution in [2.24, 2.45) is 57.7 Å². The Bertz CT molecular complexity index is 1090. The molecule has 6 fully saturated rings. The van der Waals surface area contributed by atoms with Gasteiger partial charge in [-0.05, 0) is 57.4 Å². The summed E-state index contributed by atoms with van der Waals surface area (Å²) in [6, 6.07) is -0.584. The number of aliphatic imine (C=N–C) groups is 1. The zero-order chi connectivity index (χ0) is 31.8. The number of nitrogens with one attached hydrogen (secondary N) is 1. The molecule has 254 valence electrons. The smallest absolute Gasteiger partial charge is 0.187 e. The third-order valence-corrected chi connectivity index (χ3v) is 11.2. The number of rotatable bonds is 5. The Morgan fingerprint density at radius 1 is 0.933 bits per heavy atom. The van der Waals surface area contributed by atoms with Gasteiger partial charge in [0.2, 0.25) is 0 Å². The van der Waals surface area contributed by atoms with Gasteiger partial charge in [0.05, 0.1) is 36.9 Å². The molecule has 3 saturated carbocycles. The molecule has 3 aliphatic carbocycles. The van der Waals surface area contributed by atoms with E-state index in [9.17, 15) is 24.9 Å². The number of fused-ring (bicyclic) bond motifs is 5. The molecule has 0 spiro atoms. The van der Waals surface area contributed by atoms with E-state index in [1.807, 2.05) is 0 Å². The van der Waals surface area contributed by atoms with Crippen LogP contribution in [0.15, 0.2) is 4.99 Å². The van der Waals surface area contributed by atoms with Gasteiger partial charge in [-0.3, -0.25) is 9.59 Å². The van der Waals surface area contributed by atoms with Gasteiger partial charge in [0.25, 0.3) is 0 Å². The SMILES string of the molecule is NC(N)=N[C@@H]1CCOC[C@@H]2O[C@@H](OC3C(O)C4C(=O)C5CCCCC5C(=O)C4CC31)[C@@H](OCCC1CCNC(N)C1)[C@H](O)[C@H]2O. The second-order valence-corrected chi connectivity index (χ2v) is 14.0. The summed E-state index contributed by atoms with van der Waals surface area (Å²) >= 11 is 0. The quantitative estimate of drug-likeness (QED) is 0.104. The minimum atomic E-state index is -1.37. The first kappa shape index (κ1) is 33.2. The fraction of sp³-hybridized carbons (Fsp3) is 0.903. The van der Waals surface area contributed by atoms with Gasteiger partial charge in [-0.1, -0.05) is 12.8 Å². The number of guanidine groups is 1. The van der Waals surface area contributed by atoms with Gasteiger partial charge in [0.15, 0.2) is 12.2 Å². The number of hydrogen-bond acceptors (Lipinski definition) is 12. The first-order valence-electron chi connectivity index (χ1n) is 16.8. The molecule has 0 aromatic carbocycles. The molecule has 6 aliphatic rings. The lowest BCUT2D eigenvalue weighted by atomic mass is 9.55. The van der Waals surface area contributed by atoms with E-state index in [0.29, 0.717) is 31.6 Å². The minimum Gasteiger partial charge on any atom is -0.390 e. The highest BCUT2D eigenvalue weighted by atomic mass is 16.7. The molecule has 10 N–H and O–H groups in total. The second kappa shape index (κ2) is 14.2. The zero-order valence-electron chi connectivity index (χ0n) is 25.8. The molecule has 45 heavy (non-hydrogen) atoms. The van der Waals surface area contributed by atoms with Crippen molar-refractivity contribution < 1.29 is 43.9 Å². The number of hydrogen-bond donors (Lipinski definition) is 7. The molecule has 0 aromatic heterocycles. The van der Waals surface area contributed by atoms with Crippen molar-refractivity contribution in [1.29, 1.82) is 0 Å². The number of ether oxygens (including phenoxy) is 4. The van der Waals surface area contributed by atoms with Crippen LogP contribution in [0.3, 0.4) is 0 Å². The highest BCUT2D eigenvalue weighted by Gasteiger charge is 2.60. The molecular weight excluding hydrogens is 586 g/mol. The largest absolute Gasteiger partial charge is 0.390 e. The van der Waals surface area contributed by atoms with Crippen LogP contribution in [0.5, 0.6) is 0 Å². The van der Waals surface area contributed by atoms with Gasteiger partial charge >= 0.3 is 0 Å². The minimum absolute atomic E-state index is 0.0298. The predicted octanol–water partition coefficient (Wildman–Crippen LogP) is -1.49. The molecule has 14 heteroatoms. The van der Waals surface area contributed by atoms with Crippen LogP contribution in [-0.2, 0) is 28.5 Å². The van der Waals surface area contributed by atoms with E-state index in [-0.39, 0.29) is 55.9 Å². The Hall–Kier alpha value is -1.75. The number of nitrogens with zero attached hydrogens (tertiary/aromatic N) is 1. The molecule has 2 bridgehead atoms. The van der Waals surface area contributed by atoms with Gasteiger partial charge in [0, 0.05) is 36.9 Å². The monoisotopic (exact) mass is 637 g/mol. The van der Waals surface area contributed by atoms with Crippen molar-refractivity contribution in [3.05, 3.63) is 0 Å². The number of Topliss-reactive ketones (excluding diaryl/α,β-unsaturated/α-hetero) is 2. The van der Waals surface area contributed by atoms with Crippen molar-refractivity contribution in [2.75, 3.05) is 26.4 Å². The molecule has 15 atom stereocenters. The number of ketones is 2. The summed E-state index contributed by atoms with van der Waals surface area (Å²) in [5.41, 5.74) is 17.8. The maximum Gasteiger partial charge on any atom is 0.187 e. The van der Waals surface area contributed by atoms with Gasteiger partial charge in [-0.25, -0.2) is 4.99 Å². The Morgan fingerprint density at radius 2 is 1.69 bits per heavy atom. The summed E-state index contributed by atoms with van der Waals surface area (Å²) in [6.45, 7) is 1.24. The van der Waals surface area contributed by atoms with Gasteiger partial charge in [0.1, 0.15) is 36.0 Å². The van der Waals surface area contributed by atoms with Crippen LogP contribution in [0.4, 0.5) is 0 Å².